The van der Waals surface area contributed by atoms with Gasteiger partial charge in [0, 0.05) is 6.42 Å². The number of hydrogen-bond acceptors (Lipinski definition) is 6. The number of aliphatic hydroxyl groups excluding tert-OH is 1. The molecule has 0 saturated carbocycles. The molecule has 1 amide bonds. The molecule has 3 unspecified atom stereocenters. The first-order valence-corrected chi connectivity index (χ1v) is 24.0. The molecule has 0 fully saturated rings. The van der Waals surface area contributed by atoms with Gasteiger partial charge in [0.1, 0.15) is 13.2 Å². The zero-order valence-electron chi connectivity index (χ0n) is 36.4. The lowest BCUT2D eigenvalue weighted by atomic mass is 10.0. The van der Waals surface area contributed by atoms with Crippen molar-refractivity contribution >= 4 is 13.7 Å². The standard InChI is InChI=1S/C46H87N2O6P/c1-6-8-10-12-14-16-18-19-20-21-22-23-24-25-26-27-28-29-30-32-34-36-38-40-46(50)47-44(43-54-55(51,52)53-42-41-48(3,4)5)45(49)39-37-35-33-31-17-15-13-11-9-7-2/h9,11,17,21-22,31,37,39,44-45,49H,6-8,10,12-16,18-20,23-30,32-36,38,40-43H2,1-5H3,(H-,47,50,51,52)/b11-9+,22-21-,31-17+,39-37+. The van der Waals surface area contributed by atoms with Gasteiger partial charge in [0.05, 0.1) is 39.9 Å². The maximum absolute atomic E-state index is 12.8. The van der Waals surface area contributed by atoms with Crippen molar-refractivity contribution in [3.8, 4) is 0 Å². The second-order valence-electron chi connectivity index (χ2n) is 16.4. The number of hydrogen-bond donors (Lipinski definition) is 2. The molecule has 0 heterocycles. The van der Waals surface area contributed by atoms with Crippen LogP contribution in [0.25, 0.3) is 0 Å². The lowest BCUT2D eigenvalue weighted by Crippen LogP contribution is -2.45. The van der Waals surface area contributed by atoms with Crippen LogP contribution in [0, 0.1) is 0 Å². The first kappa shape index (κ1) is 53.5. The maximum Gasteiger partial charge on any atom is 0.268 e. The summed E-state index contributed by atoms with van der Waals surface area (Å²) in [6.07, 6.45) is 47.5. The molecule has 9 heteroatoms. The van der Waals surface area contributed by atoms with Crippen LogP contribution in [0.5, 0.6) is 0 Å². The van der Waals surface area contributed by atoms with Crippen molar-refractivity contribution in [3.05, 3.63) is 48.6 Å². The highest BCUT2D eigenvalue weighted by Gasteiger charge is 2.23. The summed E-state index contributed by atoms with van der Waals surface area (Å²) < 4.78 is 23.1. The van der Waals surface area contributed by atoms with Crippen molar-refractivity contribution in [1.82, 2.24) is 5.32 Å². The number of amides is 1. The summed E-state index contributed by atoms with van der Waals surface area (Å²) in [6.45, 7) is 4.48. The van der Waals surface area contributed by atoms with Crippen LogP contribution in [-0.2, 0) is 18.4 Å². The first-order valence-electron chi connectivity index (χ1n) is 22.5. The van der Waals surface area contributed by atoms with E-state index >= 15 is 0 Å². The minimum atomic E-state index is -4.59. The number of unbranched alkanes of at least 4 members (excludes halogenated alkanes) is 21. The van der Waals surface area contributed by atoms with Crippen LogP contribution in [0.1, 0.15) is 187 Å². The van der Waals surface area contributed by atoms with E-state index in [0.717, 1.165) is 51.4 Å². The first-order chi connectivity index (χ1) is 26.5. The van der Waals surface area contributed by atoms with Crippen molar-refractivity contribution in [2.24, 2.45) is 0 Å². The molecule has 0 radical (unpaired) electrons. The molecular weight excluding hydrogens is 707 g/mol. The predicted octanol–water partition coefficient (Wildman–Crippen LogP) is 11.8. The Hall–Kier alpha value is -1.54. The molecule has 0 aliphatic carbocycles. The van der Waals surface area contributed by atoms with E-state index in [1.54, 1.807) is 6.08 Å². The van der Waals surface area contributed by atoms with E-state index in [9.17, 15) is 19.4 Å². The van der Waals surface area contributed by atoms with E-state index in [2.05, 4.69) is 55.6 Å². The quantitative estimate of drug-likeness (QED) is 0.0277. The van der Waals surface area contributed by atoms with E-state index in [1.807, 2.05) is 27.2 Å². The molecule has 55 heavy (non-hydrogen) atoms. The summed E-state index contributed by atoms with van der Waals surface area (Å²) in [4.78, 5) is 25.2. The summed E-state index contributed by atoms with van der Waals surface area (Å²) in [5, 5.41) is 13.7. The van der Waals surface area contributed by atoms with Crippen LogP contribution in [0.3, 0.4) is 0 Å². The van der Waals surface area contributed by atoms with Gasteiger partial charge in [0.25, 0.3) is 7.82 Å². The van der Waals surface area contributed by atoms with Gasteiger partial charge in [-0.1, -0.05) is 165 Å². The molecule has 0 spiro atoms. The van der Waals surface area contributed by atoms with Gasteiger partial charge in [-0.15, -0.1) is 0 Å². The number of carbonyl (C=O) groups excluding carboxylic acids is 1. The molecule has 0 saturated heterocycles. The van der Waals surface area contributed by atoms with Gasteiger partial charge in [-0.25, -0.2) is 0 Å². The number of nitrogens with zero attached hydrogens (tertiary/aromatic N) is 1. The highest BCUT2D eigenvalue weighted by molar-refractivity contribution is 7.45. The topological polar surface area (TPSA) is 108 Å². The van der Waals surface area contributed by atoms with E-state index in [-0.39, 0.29) is 12.5 Å². The Bertz CT molecular complexity index is 1040. The highest BCUT2D eigenvalue weighted by Crippen LogP contribution is 2.38. The molecule has 2 N–H and O–H groups in total. The van der Waals surface area contributed by atoms with Crippen LogP contribution in [0.2, 0.25) is 0 Å². The number of likely N-dealkylation sites (N-methyl/N-ethyl adjacent to an activating group) is 1. The summed E-state index contributed by atoms with van der Waals surface area (Å²) in [7, 11) is 1.23. The third-order valence-corrected chi connectivity index (χ3v) is 10.7. The molecular formula is C46H87N2O6P. The molecule has 8 nitrogen and oxygen atoms in total. The molecule has 0 rings (SSSR count). The molecule has 3 atom stereocenters. The molecule has 0 aromatic rings. The molecule has 0 aromatic heterocycles. The van der Waals surface area contributed by atoms with E-state index < -0.39 is 26.6 Å². The third-order valence-electron chi connectivity index (χ3n) is 9.75. The van der Waals surface area contributed by atoms with Crippen LogP contribution in [0.4, 0.5) is 0 Å². The maximum atomic E-state index is 12.8. The molecule has 0 aliphatic heterocycles. The zero-order chi connectivity index (χ0) is 40.7. The second kappa shape index (κ2) is 38.0. The summed E-state index contributed by atoms with van der Waals surface area (Å²) >= 11 is 0. The number of phosphoric acid groups is 1. The monoisotopic (exact) mass is 795 g/mol. The number of aliphatic hydroxyl groups is 1. The van der Waals surface area contributed by atoms with Crippen LogP contribution in [-0.4, -0.2) is 68.5 Å². The third kappa shape index (κ3) is 40.5. The average molecular weight is 795 g/mol. The molecule has 322 valence electrons. The van der Waals surface area contributed by atoms with Gasteiger partial charge in [0.2, 0.25) is 5.91 Å². The molecule has 0 bridgehead atoms. The van der Waals surface area contributed by atoms with Crippen molar-refractivity contribution in [2.45, 2.75) is 199 Å². The number of carbonyl (C=O) groups is 1. The van der Waals surface area contributed by atoms with Crippen LogP contribution >= 0.6 is 7.82 Å². The normalized spacial score (nSPS) is 14.8. The largest absolute Gasteiger partial charge is 0.756 e. The lowest BCUT2D eigenvalue weighted by molar-refractivity contribution is -0.870. The average Bonchev–Trinajstić information content (AvgIpc) is 3.13. The Kier molecular flexibility index (Phi) is 36.9. The smallest absolute Gasteiger partial charge is 0.268 e. The van der Waals surface area contributed by atoms with Gasteiger partial charge in [-0.05, 0) is 64.2 Å². The second-order valence-corrected chi connectivity index (χ2v) is 17.8. The van der Waals surface area contributed by atoms with Crippen molar-refractivity contribution in [3.63, 3.8) is 0 Å². The van der Waals surface area contributed by atoms with Crippen molar-refractivity contribution in [1.29, 1.82) is 0 Å². The SMILES string of the molecule is CC/C=C/CC/C=C/CC/C=C/C(O)C(COP(=O)([O-])OCC[N+](C)(C)C)NC(=O)CCCCCCCCCCCCC/C=C\CCCCCCCCCC. The number of quaternary nitrogens is 1. The van der Waals surface area contributed by atoms with E-state index in [0.29, 0.717) is 17.4 Å². The van der Waals surface area contributed by atoms with Crippen molar-refractivity contribution in [2.75, 3.05) is 40.9 Å². The summed E-state index contributed by atoms with van der Waals surface area (Å²) in [5.41, 5.74) is 0. The number of phosphoric ester groups is 1. The van der Waals surface area contributed by atoms with Gasteiger partial charge in [-0.2, -0.15) is 0 Å². The van der Waals surface area contributed by atoms with Gasteiger partial charge in [0.15, 0.2) is 0 Å². The Morgan fingerprint density at radius 2 is 1.07 bits per heavy atom. The Morgan fingerprint density at radius 3 is 1.56 bits per heavy atom. The van der Waals surface area contributed by atoms with Crippen LogP contribution < -0.4 is 10.2 Å². The highest BCUT2D eigenvalue weighted by atomic mass is 31.2. The predicted molar refractivity (Wildman–Crippen MR) is 233 cm³/mol. The Labute approximate surface area is 339 Å². The lowest BCUT2D eigenvalue weighted by Gasteiger charge is -2.29. The summed E-state index contributed by atoms with van der Waals surface area (Å²) in [6, 6.07) is -0.907. The van der Waals surface area contributed by atoms with Gasteiger partial charge >= 0.3 is 0 Å². The minimum Gasteiger partial charge on any atom is -0.756 e. The fourth-order valence-corrected chi connectivity index (χ4v) is 6.91. The summed E-state index contributed by atoms with van der Waals surface area (Å²) in [5.74, 6) is -0.216. The van der Waals surface area contributed by atoms with Gasteiger partial charge in [-0.3, -0.25) is 9.36 Å². The van der Waals surface area contributed by atoms with Gasteiger partial charge < -0.3 is 28.8 Å². The van der Waals surface area contributed by atoms with Crippen molar-refractivity contribution < 1.29 is 32.9 Å². The molecule has 0 aromatic carbocycles. The Balaban J connectivity index is 4.25. The zero-order valence-corrected chi connectivity index (χ0v) is 37.3. The number of nitrogens with one attached hydrogen (secondary N) is 1. The minimum absolute atomic E-state index is 0.0102. The molecule has 0 aliphatic rings. The van der Waals surface area contributed by atoms with E-state index in [4.69, 9.17) is 9.05 Å². The Morgan fingerprint density at radius 1 is 0.636 bits per heavy atom. The number of rotatable bonds is 40. The fraction of sp³-hybridized carbons (Fsp3) is 0.804. The van der Waals surface area contributed by atoms with E-state index in [1.165, 1.54) is 116 Å². The van der Waals surface area contributed by atoms with Crippen LogP contribution in [0.15, 0.2) is 48.6 Å². The number of allylic oxidation sites excluding steroid dienone is 7. The fourth-order valence-electron chi connectivity index (χ4n) is 6.19.